The number of halogens is 1. The van der Waals surface area contributed by atoms with Crippen LogP contribution in [0, 0.1) is 12.7 Å². The Morgan fingerprint density at radius 2 is 2.00 bits per heavy atom. The van der Waals surface area contributed by atoms with Gasteiger partial charge in [-0.15, -0.1) is 11.3 Å². The van der Waals surface area contributed by atoms with E-state index in [1.54, 1.807) is 12.1 Å². The maximum absolute atomic E-state index is 13.2. The first-order chi connectivity index (χ1) is 14.5. The van der Waals surface area contributed by atoms with Crippen molar-refractivity contribution in [1.82, 2.24) is 20.0 Å². The number of aryl methyl sites for hydroxylation is 1. The van der Waals surface area contributed by atoms with Crippen LogP contribution in [0.1, 0.15) is 53.5 Å². The van der Waals surface area contributed by atoms with Gasteiger partial charge in [0.05, 0.1) is 17.1 Å². The number of fused-ring (bicyclic) bond motifs is 1. The fourth-order valence-electron chi connectivity index (χ4n) is 4.03. The number of hydrogen-bond donors (Lipinski definition) is 1. The molecule has 1 aliphatic rings. The highest BCUT2D eigenvalue weighted by molar-refractivity contribution is 7.20. The Bertz CT molecular complexity index is 1000. The van der Waals surface area contributed by atoms with Gasteiger partial charge in [-0.2, -0.15) is 5.10 Å². The number of nitrogens with zero attached hydrogens (tertiary/aromatic N) is 3. The van der Waals surface area contributed by atoms with Crippen molar-refractivity contribution in [2.24, 2.45) is 0 Å². The quantitative estimate of drug-likeness (QED) is 0.599. The van der Waals surface area contributed by atoms with E-state index in [4.69, 9.17) is 0 Å². The summed E-state index contributed by atoms with van der Waals surface area (Å²) < 4.78 is 15.1. The number of likely N-dealkylation sites (tertiary alicyclic amines) is 1. The Morgan fingerprint density at radius 3 is 2.70 bits per heavy atom. The van der Waals surface area contributed by atoms with Crippen LogP contribution in [0.15, 0.2) is 30.3 Å². The SMILES string of the molecule is CCCCN1CCC(NC(=O)c2cc3c(C)nn(Cc4ccc(F)cc4)c3s2)CC1. The zero-order chi connectivity index (χ0) is 21.1. The number of amides is 1. The minimum absolute atomic E-state index is 0.0101. The number of benzene rings is 1. The summed E-state index contributed by atoms with van der Waals surface area (Å²) in [5, 5.41) is 8.86. The van der Waals surface area contributed by atoms with Gasteiger partial charge in [0.2, 0.25) is 0 Å². The molecule has 2 aromatic heterocycles. The summed E-state index contributed by atoms with van der Waals surface area (Å²) in [6.07, 6.45) is 4.49. The minimum Gasteiger partial charge on any atom is -0.349 e. The number of rotatable bonds is 7. The standard InChI is InChI=1S/C23H29FN4OS/c1-3-4-11-27-12-9-19(10-13-27)25-22(29)21-14-20-16(2)26-28(23(20)30-21)15-17-5-7-18(24)8-6-17/h5-8,14,19H,3-4,9-13,15H2,1-2H3,(H,25,29). The van der Waals surface area contributed by atoms with E-state index in [-0.39, 0.29) is 17.8 Å². The molecular formula is C23H29FN4OS. The van der Waals surface area contributed by atoms with Gasteiger partial charge in [0.25, 0.3) is 5.91 Å². The average Bonchev–Trinajstić information content (AvgIpc) is 3.31. The average molecular weight is 429 g/mol. The number of aromatic nitrogens is 2. The number of carbonyl (C=O) groups excluding carboxylic acids is 1. The molecule has 0 radical (unpaired) electrons. The molecule has 7 heteroatoms. The van der Waals surface area contributed by atoms with E-state index in [2.05, 4.69) is 22.2 Å². The Morgan fingerprint density at radius 1 is 1.27 bits per heavy atom. The number of nitrogens with one attached hydrogen (secondary N) is 1. The summed E-state index contributed by atoms with van der Waals surface area (Å²) in [5.41, 5.74) is 1.89. The van der Waals surface area contributed by atoms with Crippen molar-refractivity contribution < 1.29 is 9.18 Å². The highest BCUT2D eigenvalue weighted by Gasteiger charge is 2.22. The van der Waals surface area contributed by atoms with E-state index >= 15 is 0 Å². The molecule has 1 aromatic carbocycles. The van der Waals surface area contributed by atoms with E-state index in [0.717, 1.165) is 58.8 Å². The molecule has 1 aliphatic heterocycles. The van der Waals surface area contributed by atoms with Crippen LogP contribution < -0.4 is 5.32 Å². The van der Waals surface area contributed by atoms with Crippen molar-refractivity contribution in [2.75, 3.05) is 19.6 Å². The molecule has 0 bridgehead atoms. The second-order valence-corrected chi connectivity index (χ2v) is 9.17. The third-order valence-electron chi connectivity index (χ3n) is 5.83. The molecule has 3 heterocycles. The number of piperidine rings is 1. The lowest BCUT2D eigenvalue weighted by Crippen LogP contribution is -2.44. The largest absolute Gasteiger partial charge is 0.349 e. The first-order valence-electron chi connectivity index (χ1n) is 10.8. The summed E-state index contributed by atoms with van der Waals surface area (Å²) in [7, 11) is 0. The van der Waals surface area contributed by atoms with Gasteiger partial charge in [0.1, 0.15) is 10.6 Å². The van der Waals surface area contributed by atoms with Gasteiger partial charge >= 0.3 is 0 Å². The monoisotopic (exact) mass is 428 g/mol. The summed E-state index contributed by atoms with van der Waals surface area (Å²) >= 11 is 1.48. The van der Waals surface area contributed by atoms with Crippen LogP contribution in [0.5, 0.6) is 0 Å². The van der Waals surface area contributed by atoms with Crippen LogP contribution in [-0.2, 0) is 6.54 Å². The first-order valence-corrected chi connectivity index (χ1v) is 11.6. The van der Waals surface area contributed by atoms with Crippen LogP contribution in [-0.4, -0.2) is 46.3 Å². The lowest BCUT2D eigenvalue weighted by Gasteiger charge is -2.32. The summed E-state index contributed by atoms with van der Waals surface area (Å²) in [6, 6.07) is 8.67. The lowest BCUT2D eigenvalue weighted by molar-refractivity contribution is 0.0915. The minimum atomic E-state index is -0.244. The molecule has 1 N–H and O–H groups in total. The van der Waals surface area contributed by atoms with E-state index in [1.807, 2.05) is 17.7 Å². The number of unbranched alkanes of at least 4 members (excludes halogenated alkanes) is 1. The zero-order valence-corrected chi connectivity index (χ0v) is 18.5. The Balaban J connectivity index is 1.42. The third kappa shape index (κ3) is 4.73. The van der Waals surface area contributed by atoms with Crippen molar-refractivity contribution in [3.05, 3.63) is 52.3 Å². The summed E-state index contributed by atoms with van der Waals surface area (Å²) in [4.78, 5) is 17.1. The molecule has 1 saturated heterocycles. The van der Waals surface area contributed by atoms with Crippen molar-refractivity contribution >= 4 is 27.5 Å². The molecule has 0 atom stereocenters. The molecule has 0 saturated carbocycles. The maximum atomic E-state index is 13.2. The van der Waals surface area contributed by atoms with Crippen molar-refractivity contribution in [2.45, 2.75) is 52.1 Å². The van der Waals surface area contributed by atoms with Crippen molar-refractivity contribution in [1.29, 1.82) is 0 Å². The topological polar surface area (TPSA) is 50.2 Å². The number of carbonyl (C=O) groups is 1. The highest BCUT2D eigenvalue weighted by atomic mass is 32.1. The van der Waals surface area contributed by atoms with Gasteiger partial charge in [-0.05, 0) is 56.5 Å². The normalized spacial score (nSPS) is 15.7. The molecular weight excluding hydrogens is 399 g/mol. The highest BCUT2D eigenvalue weighted by Crippen LogP contribution is 2.29. The van der Waals surface area contributed by atoms with Gasteiger partial charge in [0.15, 0.2) is 0 Å². The van der Waals surface area contributed by atoms with Gasteiger partial charge in [-0.3, -0.25) is 9.48 Å². The van der Waals surface area contributed by atoms with Gasteiger partial charge in [-0.1, -0.05) is 25.5 Å². The molecule has 3 aromatic rings. The molecule has 160 valence electrons. The van der Waals surface area contributed by atoms with Gasteiger partial charge in [-0.25, -0.2) is 4.39 Å². The lowest BCUT2D eigenvalue weighted by atomic mass is 10.0. The molecule has 4 rings (SSSR count). The Hall–Kier alpha value is -2.25. The van der Waals surface area contributed by atoms with E-state index in [1.165, 1.54) is 36.3 Å². The van der Waals surface area contributed by atoms with E-state index in [9.17, 15) is 9.18 Å². The van der Waals surface area contributed by atoms with Crippen molar-refractivity contribution in [3.63, 3.8) is 0 Å². The Labute approximate surface area is 180 Å². The van der Waals surface area contributed by atoms with Gasteiger partial charge < -0.3 is 10.2 Å². The second kappa shape index (κ2) is 9.27. The van der Waals surface area contributed by atoms with Crippen LogP contribution in [0.3, 0.4) is 0 Å². The maximum Gasteiger partial charge on any atom is 0.261 e. The molecule has 0 aliphatic carbocycles. The molecule has 1 fully saturated rings. The second-order valence-electron chi connectivity index (χ2n) is 8.14. The molecule has 30 heavy (non-hydrogen) atoms. The van der Waals surface area contributed by atoms with Crippen LogP contribution in [0.2, 0.25) is 0 Å². The third-order valence-corrected chi connectivity index (χ3v) is 6.97. The van der Waals surface area contributed by atoms with E-state index < -0.39 is 0 Å². The number of thiophene rings is 1. The van der Waals surface area contributed by atoms with Crippen molar-refractivity contribution in [3.8, 4) is 0 Å². The fourth-order valence-corrected chi connectivity index (χ4v) is 5.10. The van der Waals surface area contributed by atoms with Crippen LogP contribution in [0.4, 0.5) is 4.39 Å². The molecule has 0 unspecified atom stereocenters. The number of hydrogen-bond acceptors (Lipinski definition) is 4. The summed E-state index contributed by atoms with van der Waals surface area (Å²) in [5.74, 6) is -0.234. The van der Waals surface area contributed by atoms with Crippen LogP contribution >= 0.6 is 11.3 Å². The van der Waals surface area contributed by atoms with E-state index in [0.29, 0.717) is 6.54 Å². The molecule has 5 nitrogen and oxygen atoms in total. The fraction of sp³-hybridized carbons (Fsp3) is 0.478. The predicted molar refractivity (Wildman–Crippen MR) is 120 cm³/mol. The molecule has 0 spiro atoms. The first kappa shape index (κ1) is 21.0. The zero-order valence-electron chi connectivity index (χ0n) is 17.7. The van der Waals surface area contributed by atoms with Gasteiger partial charge in [0, 0.05) is 24.5 Å². The summed E-state index contributed by atoms with van der Waals surface area (Å²) in [6.45, 7) is 8.02. The van der Waals surface area contributed by atoms with Crippen LogP contribution in [0.25, 0.3) is 10.2 Å². The smallest absolute Gasteiger partial charge is 0.261 e. The molecule has 1 amide bonds. The Kier molecular flexibility index (Phi) is 6.49. The predicted octanol–water partition coefficient (Wildman–Crippen LogP) is 4.59.